The Morgan fingerprint density at radius 3 is 3.00 bits per heavy atom. The third-order valence-corrected chi connectivity index (χ3v) is 2.25. The molecule has 1 N–H and O–H groups in total. The third-order valence-electron chi connectivity index (χ3n) is 2.25. The Morgan fingerprint density at radius 1 is 1.50 bits per heavy atom. The minimum absolute atomic E-state index is 0.274. The molecule has 2 rings (SSSR count). The Balaban J connectivity index is 2.39. The smallest absolute Gasteiger partial charge is 0.354 e. The fourth-order valence-electron chi connectivity index (χ4n) is 1.61. The van der Waals surface area contributed by atoms with Gasteiger partial charge >= 0.3 is 5.97 Å². The van der Waals surface area contributed by atoms with Crippen LogP contribution in [0.5, 0.6) is 0 Å². The van der Waals surface area contributed by atoms with Gasteiger partial charge in [0.15, 0.2) is 0 Å². The zero-order valence-electron chi connectivity index (χ0n) is 8.17. The molecular formula is C11H13NO2. The molecule has 74 valence electrons. The van der Waals surface area contributed by atoms with Crippen LogP contribution in [0.15, 0.2) is 6.07 Å². The van der Waals surface area contributed by atoms with E-state index in [0.717, 1.165) is 23.4 Å². The van der Waals surface area contributed by atoms with Gasteiger partial charge in [0.25, 0.3) is 0 Å². The van der Waals surface area contributed by atoms with E-state index in [-0.39, 0.29) is 5.97 Å². The molecule has 0 saturated carbocycles. The van der Waals surface area contributed by atoms with Crippen LogP contribution in [0.1, 0.15) is 30.3 Å². The van der Waals surface area contributed by atoms with Crippen LogP contribution in [0.25, 0.3) is 12.2 Å². The van der Waals surface area contributed by atoms with Gasteiger partial charge in [-0.2, -0.15) is 0 Å². The van der Waals surface area contributed by atoms with Crippen molar-refractivity contribution in [3.05, 3.63) is 22.3 Å². The highest BCUT2D eigenvalue weighted by molar-refractivity contribution is 5.87. The molecule has 0 aliphatic heterocycles. The maximum absolute atomic E-state index is 11.4. The monoisotopic (exact) mass is 191 g/mol. The second-order valence-electron chi connectivity index (χ2n) is 3.26. The van der Waals surface area contributed by atoms with E-state index in [1.807, 2.05) is 6.07 Å². The average molecular weight is 191 g/mol. The van der Waals surface area contributed by atoms with Crippen molar-refractivity contribution in [3.8, 4) is 0 Å². The molecule has 0 radical (unpaired) electrons. The molecule has 0 atom stereocenters. The highest BCUT2D eigenvalue weighted by Gasteiger charge is 2.08. The summed E-state index contributed by atoms with van der Waals surface area (Å²) in [6.07, 6.45) is 6.33. The molecule has 0 amide bonds. The number of carbonyl (C=O) groups excluding carboxylic acids is 1. The number of fused-ring (bicyclic) bond motifs is 1. The molecule has 0 unspecified atom stereocenters. The fourth-order valence-corrected chi connectivity index (χ4v) is 1.61. The van der Waals surface area contributed by atoms with Gasteiger partial charge in [0, 0.05) is 5.35 Å². The molecule has 0 saturated heterocycles. The topological polar surface area (TPSA) is 42.1 Å². The molecule has 3 heteroatoms. The molecule has 0 spiro atoms. The molecule has 1 aliphatic carbocycles. The summed E-state index contributed by atoms with van der Waals surface area (Å²) < 4.78 is 4.91. The van der Waals surface area contributed by atoms with Crippen LogP contribution in [-0.4, -0.2) is 17.6 Å². The van der Waals surface area contributed by atoms with E-state index in [4.69, 9.17) is 4.74 Å². The Labute approximate surface area is 82.1 Å². The number of aromatic nitrogens is 1. The first-order valence-electron chi connectivity index (χ1n) is 4.88. The van der Waals surface area contributed by atoms with Crippen molar-refractivity contribution in [2.45, 2.75) is 19.8 Å². The molecular weight excluding hydrogens is 178 g/mol. The Bertz CT molecular complexity index is 423. The Hall–Kier alpha value is -1.51. The molecule has 1 aromatic heterocycles. The summed E-state index contributed by atoms with van der Waals surface area (Å²) in [4.78, 5) is 14.4. The van der Waals surface area contributed by atoms with E-state index in [2.05, 4.69) is 17.1 Å². The number of carbonyl (C=O) groups is 1. The molecule has 1 heterocycles. The van der Waals surface area contributed by atoms with E-state index in [1.54, 1.807) is 6.92 Å². The lowest BCUT2D eigenvalue weighted by Gasteiger charge is -1.96. The number of H-pyrrole nitrogens is 1. The lowest BCUT2D eigenvalue weighted by Crippen LogP contribution is -2.23. The summed E-state index contributed by atoms with van der Waals surface area (Å²) in [7, 11) is 0. The van der Waals surface area contributed by atoms with Crippen molar-refractivity contribution in [1.29, 1.82) is 0 Å². The van der Waals surface area contributed by atoms with Crippen molar-refractivity contribution in [3.63, 3.8) is 0 Å². The van der Waals surface area contributed by atoms with Crippen molar-refractivity contribution < 1.29 is 9.53 Å². The average Bonchev–Trinajstić information content (AvgIpc) is 2.61. The van der Waals surface area contributed by atoms with Gasteiger partial charge in [0.1, 0.15) is 5.69 Å². The summed E-state index contributed by atoms with van der Waals surface area (Å²) in [6, 6.07) is 1.85. The maximum atomic E-state index is 11.4. The van der Waals surface area contributed by atoms with Gasteiger partial charge in [0.05, 0.1) is 6.61 Å². The van der Waals surface area contributed by atoms with Crippen LogP contribution in [0.4, 0.5) is 0 Å². The third kappa shape index (κ3) is 1.58. The highest BCUT2D eigenvalue weighted by Crippen LogP contribution is 1.97. The van der Waals surface area contributed by atoms with E-state index in [0.29, 0.717) is 12.3 Å². The number of hydrogen-bond acceptors (Lipinski definition) is 2. The quantitative estimate of drug-likeness (QED) is 0.693. The van der Waals surface area contributed by atoms with Gasteiger partial charge < -0.3 is 9.72 Å². The van der Waals surface area contributed by atoms with Gasteiger partial charge in [-0.25, -0.2) is 4.79 Å². The second-order valence-corrected chi connectivity index (χ2v) is 3.26. The molecule has 3 nitrogen and oxygen atoms in total. The largest absolute Gasteiger partial charge is 0.461 e. The highest BCUT2D eigenvalue weighted by atomic mass is 16.5. The number of rotatable bonds is 2. The van der Waals surface area contributed by atoms with Crippen LogP contribution >= 0.6 is 0 Å². The fraction of sp³-hybridized carbons (Fsp3) is 0.364. The molecule has 1 aliphatic rings. The van der Waals surface area contributed by atoms with E-state index >= 15 is 0 Å². The van der Waals surface area contributed by atoms with Gasteiger partial charge in [-0.05, 0) is 31.1 Å². The molecule has 14 heavy (non-hydrogen) atoms. The lowest BCUT2D eigenvalue weighted by molar-refractivity contribution is 0.0520. The SMILES string of the molecule is CCOC(=O)c1cc2c([nH]1)=CCCC=2. The predicted octanol–water partition coefficient (Wildman–Crippen LogP) is 0.546. The van der Waals surface area contributed by atoms with Crippen LogP contribution in [0.2, 0.25) is 0 Å². The van der Waals surface area contributed by atoms with Crippen molar-refractivity contribution in [1.82, 2.24) is 4.98 Å². The van der Waals surface area contributed by atoms with Crippen LogP contribution in [-0.2, 0) is 4.74 Å². The van der Waals surface area contributed by atoms with Gasteiger partial charge in [-0.1, -0.05) is 12.2 Å². The summed E-state index contributed by atoms with van der Waals surface area (Å²) >= 11 is 0. The minimum Gasteiger partial charge on any atom is -0.461 e. The Kier molecular flexibility index (Phi) is 2.39. The standard InChI is InChI=1S/C11H13NO2/c1-2-14-11(13)10-7-8-5-3-4-6-9(8)12-10/h5-7,12H,2-4H2,1H3. The molecule has 0 bridgehead atoms. The molecule has 0 aromatic carbocycles. The first-order valence-corrected chi connectivity index (χ1v) is 4.88. The van der Waals surface area contributed by atoms with Gasteiger partial charge in [-0.3, -0.25) is 0 Å². The predicted molar refractivity (Wildman–Crippen MR) is 54.2 cm³/mol. The first-order chi connectivity index (χ1) is 6.81. The zero-order valence-corrected chi connectivity index (χ0v) is 8.17. The Morgan fingerprint density at radius 2 is 2.29 bits per heavy atom. The summed E-state index contributed by atoms with van der Waals surface area (Å²) in [5.41, 5.74) is 0.547. The summed E-state index contributed by atoms with van der Waals surface area (Å²) in [5, 5.41) is 2.15. The second kappa shape index (κ2) is 3.70. The number of ether oxygens (including phenoxy) is 1. The number of nitrogens with one attached hydrogen (secondary N) is 1. The van der Waals surface area contributed by atoms with Crippen LogP contribution in [0.3, 0.4) is 0 Å². The number of aromatic amines is 1. The molecule has 0 fully saturated rings. The number of esters is 1. The summed E-state index contributed by atoms with van der Waals surface area (Å²) in [6.45, 7) is 2.22. The van der Waals surface area contributed by atoms with Crippen LogP contribution in [0, 0.1) is 0 Å². The normalized spacial score (nSPS) is 13.8. The van der Waals surface area contributed by atoms with Crippen LogP contribution < -0.4 is 10.6 Å². The maximum Gasteiger partial charge on any atom is 0.354 e. The van der Waals surface area contributed by atoms with Gasteiger partial charge in [-0.15, -0.1) is 0 Å². The zero-order chi connectivity index (χ0) is 9.97. The van der Waals surface area contributed by atoms with Crippen molar-refractivity contribution in [2.75, 3.05) is 6.61 Å². The minimum atomic E-state index is -0.274. The van der Waals surface area contributed by atoms with Crippen molar-refractivity contribution in [2.24, 2.45) is 0 Å². The summed E-state index contributed by atoms with van der Waals surface area (Å²) in [5.74, 6) is -0.274. The van der Waals surface area contributed by atoms with E-state index in [1.165, 1.54) is 0 Å². The van der Waals surface area contributed by atoms with E-state index < -0.39 is 0 Å². The van der Waals surface area contributed by atoms with E-state index in [9.17, 15) is 4.79 Å². The molecule has 1 aromatic rings. The first kappa shape index (κ1) is 9.06. The number of hydrogen-bond donors (Lipinski definition) is 1. The van der Waals surface area contributed by atoms with Crippen molar-refractivity contribution >= 4 is 18.1 Å². The lowest BCUT2D eigenvalue weighted by atomic mass is 10.2. The van der Waals surface area contributed by atoms with Gasteiger partial charge in [0.2, 0.25) is 0 Å².